The zero-order valence-electron chi connectivity index (χ0n) is 14.0. The number of aryl methyl sites for hydroxylation is 1. The van der Waals surface area contributed by atoms with Gasteiger partial charge in [0.25, 0.3) is 0 Å². The average molecular weight is 351 g/mol. The second-order valence-electron chi connectivity index (χ2n) is 5.28. The highest BCUT2D eigenvalue weighted by Gasteiger charge is 2.16. The molecule has 1 amide bonds. The average Bonchev–Trinajstić information content (AvgIpc) is 2.59. The van der Waals surface area contributed by atoms with Gasteiger partial charge >= 0.3 is 0 Å². The fourth-order valence-corrected chi connectivity index (χ4v) is 2.24. The molecule has 2 rings (SSSR count). The summed E-state index contributed by atoms with van der Waals surface area (Å²) in [6.45, 7) is 2.31. The molecule has 24 heavy (non-hydrogen) atoms. The largest absolute Gasteiger partial charge is 0.497 e. The smallest absolute Gasteiger partial charge is 0.241 e. The first-order valence-corrected chi connectivity index (χ1v) is 7.36. The van der Waals surface area contributed by atoms with Gasteiger partial charge in [-0.3, -0.25) is 4.79 Å². The highest BCUT2D eigenvalue weighted by atomic mass is 35.5. The van der Waals surface area contributed by atoms with Gasteiger partial charge in [0.1, 0.15) is 17.5 Å². The predicted molar refractivity (Wildman–Crippen MR) is 96.7 cm³/mol. The van der Waals surface area contributed by atoms with Crippen molar-refractivity contribution in [3.8, 4) is 11.5 Å². The lowest BCUT2D eigenvalue weighted by atomic mass is 10.1. The Labute approximate surface area is 148 Å². The Morgan fingerprint density at radius 2 is 1.79 bits per heavy atom. The van der Waals surface area contributed by atoms with Gasteiger partial charge in [-0.05, 0) is 30.7 Å². The summed E-state index contributed by atoms with van der Waals surface area (Å²) in [5.41, 5.74) is 8.75. The Balaban J connectivity index is 0.00000288. The van der Waals surface area contributed by atoms with Gasteiger partial charge < -0.3 is 20.5 Å². The molecular weight excluding hydrogens is 328 g/mol. The summed E-state index contributed by atoms with van der Waals surface area (Å²) in [6.07, 6.45) is 0. The Bertz CT molecular complexity index is 674. The first-order valence-electron chi connectivity index (χ1n) is 7.36. The first-order chi connectivity index (χ1) is 11.0. The molecule has 2 aromatic rings. The maximum atomic E-state index is 12.2. The molecule has 0 aliphatic heterocycles. The Kier molecular flexibility index (Phi) is 7.55. The molecule has 0 saturated carbocycles. The van der Waals surface area contributed by atoms with Crippen LogP contribution in [0.5, 0.6) is 11.5 Å². The van der Waals surface area contributed by atoms with Crippen LogP contribution in [0, 0.1) is 6.92 Å². The third kappa shape index (κ3) is 4.88. The third-order valence-electron chi connectivity index (χ3n) is 3.66. The molecule has 5 nitrogen and oxygen atoms in total. The molecule has 0 aliphatic carbocycles. The molecule has 0 spiro atoms. The van der Waals surface area contributed by atoms with Crippen LogP contribution in [0.2, 0.25) is 0 Å². The van der Waals surface area contributed by atoms with Crippen molar-refractivity contribution in [2.24, 2.45) is 5.73 Å². The lowest BCUT2D eigenvalue weighted by Crippen LogP contribution is -2.33. The van der Waals surface area contributed by atoms with E-state index in [1.54, 1.807) is 20.3 Å². The summed E-state index contributed by atoms with van der Waals surface area (Å²) in [6, 6.07) is 12.4. The number of hydrogen-bond donors (Lipinski definition) is 2. The molecule has 0 aliphatic rings. The van der Waals surface area contributed by atoms with E-state index in [2.05, 4.69) is 5.32 Å². The SMILES string of the molecule is COc1ccc(OC)c(CNC(=O)C(N)c2ccc(C)cc2)c1.Cl. The minimum atomic E-state index is -0.702. The van der Waals surface area contributed by atoms with Gasteiger partial charge in [-0.1, -0.05) is 29.8 Å². The van der Waals surface area contributed by atoms with Gasteiger partial charge in [-0.2, -0.15) is 0 Å². The number of carbonyl (C=O) groups is 1. The fraction of sp³-hybridized carbons (Fsp3) is 0.278. The lowest BCUT2D eigenvalue weighted by molar-refractivity contribution is -0.122. The molecule has 0 bridgehead atoms. The van der Waals surface area contributed by atoms with E-state index in [4.69, 9.17) is 15.2 Å². The van der Waals surface area contributed by atoms with Crippen LogP contribution in [0.3, 0.4) is 0 Å². The standard InChI is InChI=1S/C18H22N2O3.ClH/c1-12-4-6-13(7-5-12)17(19)18(21)20-11-14-10-15(22-2)8-9-16(14)23-3;/h4-10,17H,11,19H2,1-3H3,(H,20,21);1H. The van der Waals surface area contributed by atoms with Crippen molar-refractivity contribution in [2.45, 2.75) is 19.5 Å². The van der Waals surface area contributed by atoms with Gasteiger partial charge in [-0.25, -0.2) is 0 Å². The van der Waals surface area contributed by atoms with Crippen LogP contribution in [0.4, 0.5) is 0 Å². The number of halogens is 1. The minimum absolute atomic E-state index is 0. The van der Waals surface area contributed by atoms with E-state index >= 15 is 0 Å². The molecule has 0 radical (unpaired) electrons. The van der Waals surface area contributed by atoms with Crippen LogP contribution >= 0.6 is 12.4 Å². The monoisotopic (exact) mass is 350 g/mol. The van der Waals surface area contributed by atoms with Crippen molar-refractivity contribution < 1.29 is 14.3 Å². The maximum Gasteiger partial charge on any atom is 0.241 e. The van der Waals surface area contributed by atoms with Crippen LogP contribution in [0.25, 0.3) is 0 Å². The maximum absolute atomic E-state index is 12.2. The Morgan fingerprint density at radius 3 is 2.38 bits per heavy atom. The van der Waals surface area contributed by atoms with Crippen molar-refractivity contribution in [3.05, 3.63) is 59.2 Å². The summed E-state index contributed by atoms with van der Waals surface area (Å²) in [4.78, 5) is 12.2. The van der Waals surface area contributed by atoms with Crippen LogP contribution < -0.4 is 20.5 Å². The highest BCUT2D eigenvalue weighted by molar-refractivity contribution is 5.85. The second kappa shape index (κ2) is 9.15. The predicted octanol–water partition coefficient (Wildman–Crippen LogP) is 2.75. The van der Waals surface area contributed by atoms with E-state index < -0.39 is 6.04 Å². The molecular formula is C18H23ClN2O3. The third-order valence-corrected chi connectivity index (χ3v) is 3.66. The normalized spacial score (nSPS) is 11.2. The number of rotatable bonds is 6. The van der Waals surface area contributed by atoms with Crippen LogP contribution in [-0.4, -0.2) is 20.1 Å². The quantitative estimate of drug-likeness (QED) is 0.840. The highest BCUT2D eigenvalue weighted by Crippen LogP contribution is 2.24. The van der Waals surface area contributed by atoms with E-state index in [1.165, 1.54) is 0 Å². The lowest BCUT2D eigenvalue weighted by Gasteiger charge is -2.15. The van der Waals surface area contributed by atoms with Crippen molar-refractivity contribution in [1.29, 1.82) is 0 Å². The number of amides is 1. The molecule has 0 saturated heterocycles. The number of hydrogen-bond acceptors (Lipinski definition) is 4. The number of methoxy groups -OCH3 is 2. The van der Waals surface area contributed by atoms with Crippen molar-refractivity contribution in [1.82, 2.24) is 5.32 Å². The van der Waals surface area contributed by atoms with E-state index in [1.807, 2.05) is 43.3 Å². The van der Waals surface area contributed by atoms with Crippen LogP contribution in [0.1, 0.15) is 22.7 Å². The van der Waals surface area contributed by atoms with E-state index in [0.29, 0.717) is 18.0 Å². The molecule has 1 atom stereocenters. The topological polar surface area (TPSA) is 73.6 Å². The summed E-state index contributed by atoms with van der Waals surface area (Å²) >= 11 is 0. The first kappa shape index (κ1) is 19.8. The summed E-state index contributed by atoms with van der Waals surface area (Å²) in [7, 11) is 3.18. The molecule has 2 aromatic carbocycles. The molecule has 6 heteroatoms. The number of nitrogens with two attached hydrogens (primary N) is 1. The molecule has 3 N–H and O–H groups in total. The summed E-state index contributed by atoms with van der Waals surface area (Å²) < 4.78 is 10.5. The minimum Gasteiger partial charge on any atom is -0.497 e. The second-order valence-corrected chi connectivity index (χ2v) is 5.28. The van der Waals surface area contributed by atoms with Gasteiger partial charge in [0, 0.05) is 12.1 Å². The zero-order chi connectivity index (χ0) is 16.8. The molecule has 0 aromatic heterocycles. The number of carbonyl (C=O) groups excluding carboxylic acids is 1. The molecule has 0 heterocycles. The Morgan fingerprint density at radius 1 is 1.12 bits per heavy atom. The van der Waals surface area contributed by atoms with Gasteiger partial charge in [0.2, 0.25) is 5.91 Å². The van der Waals surface area contributed by atoms with Crippen LogP contribution in [-0.2, 0) is 11.3 Å². The van der Waals surface area contributed by atoms with Gasteiger partial charge in [0.15, 0.2) is 0 Å². The van der Waals surface area contributed by atoms with E-state index in [9.17, 15) is 4.79 Å². The van der Waals surface area contributed by atoms with Gasteiger partial charge in [-0.15, -0.1) is 12.4 Å². The van der Waals surface area contributed by atoms with Crippen molar-refractivity contribution in [2.75, 3.05) is 14.2 Å². The Hall–Kier alpha value is -2.24. The zero-order valence-corrected chi connectivity index (χ0v) is 14.9. The van der Waals surface area contributed by atoms with Crippen LogP contribution in [0.15, 0.2) is 42.5 Å². The molecule has 1 unspecified atom stereocenters. The fourth-order valence-electron chi connectivity index (χ4n) is 2.24. The van der Waals surface area contributed by atoms with Crippen molar-refractivity contribution in [3.63, 3.8) is 0 Å². The van der Waals surface area contributed by atoms with Gasteiger partial charge in [0.05, 0.1) is 14.2 Å². The molecule has 130 valence electrons. The summed E-state index contributed by atoms with van der Waals surface area (Å²) in [5, 5.41) is 2.84. The number of nitrogens with one attached hydrogen (secondary N) is 1. The summed E-state index contributed by atoms with van der Waals surface area (Å²) in [5.74, 6) is 1.16. The number of ether oxygens (including phenoxy) is 2. The van der Waals surface area contributed by atoms with E-state index in [-0.39, 0.29) is 18.3 Å². The van der Waals surface area contributed by atoms with Crippen molar-refractivity contribution >= 4 is 18.3 Å². The number of benzene rings is 2. The van der Waals surface area contributed by atoms with E-state index in [0.717, 1.165) is 16.7 Å². The molecule has 0 fully saturated rings.